The standard InChI is InChI=1S/C14H13ClFNO4/c1-19-6-7-20-11-3-2-9(8-10(11)16)17-14(18)12-4-5-13(15)21-12/h2-5,8H,6-7H2,1H3,(H,17,18). The molecule has 112 valence electrons. The molecule has 21 heavy (non-hydrogen) atoms. The van der Waals surface area contributed by atoms with Crippen LogP contribution in [0.4, 0.5) is 10.1 Å². The van der Waals surface area contributed by atoms with E-state index in [1.54, 1.807) is 0 Å². The summed E-state index contributed by atoms with van der Waals surface area (Å²) >= 11 is 5.58. The molecule has 0 saturated carbocycles. The lowest BCUT2D eigenvalue weighted by Crippen LogP contribution is -2.11. The minimum atomic E-state index is -0.582. The van der Waals surface area contributed by atoms with Gasteiger partial charge in [0.1, 0.15) is 6.61 Å². The number of nitrogens with one attached hydrogen (secondary N) is 1. The Morgan fingerprint density at radius 1 is 1.33 bits per heavy atom. The molecule has 5 nitrogen and oxygen atoms in total. The third-order valence-corrected chi connectivity index (χ3v) is 2.73. The molecule has 0 spiro atoms. The Balaban J connectivity index is 2.01. The molecular weight excluding hydrogens is 301 g/mol. The first-order valence-corrected chi connectivity index (χ1v) is 6.46. The van der Waals surface area contributed by atoms with E-state index in [9.17, 15) is 9.18 Å². The van der Waals surface area contributed by atoms with Crippen LogP contribution in [0.15, 0.2) is 34.7 Å². The summed E-state index contributed by atoms with van der Waals surface area (Å²) in [5.41, 5.74) is 0.282. The van der Waals surface area contributed by atoms with Crippen molar-refractivity contribution < 1.29 is 23.1 Å². The highest BCUT2D eigenvalue weighted by atomic mass is 35.5. The highest BCUT2D eigenvalue weighted by molar-refractivity contribution is 6.29. The third kappa shape index (κ3) is 4.21. The van der Waals surface area contributed by atoms with E-state index in [1.807, 2.05) is 0 Å². The zero-order valence-electron chi connectivity index (χ0n) is 11.2. The van der Waals surface area contributed by atoms with Crippen LogP contribution < -0.4 is 10.1 Å². The van der Waals surface area contributed by atoms with Gasteiger partial charge in [-0.2, -0.15) is 0 Å². The summed E-state index contributed by atoms with van der Waals surface area (Å²) in [5, 5.41) is 2.60. The smallest absolute Gasteiger partial charge is 0.291 e. The maximum absolute atomic E-state index is 13.8. The Kier molecular flexibility index (Phi) is 5.19. The Bertz CT molecular complexity index is 629. The Hall–Kier alpha value is -2.05. The number of carbonyl (C=O) groups is 1. The minimum Gasteiger partial charge on any atom is -0.488 e. The highest BCUT2D eigenvalue weighted by Gasteiger charge is 2.12. The molecule has 1 amide bonds. The summed E-state index contributed by atoms with van der Waals surface area (Å²) in [6.45, 7) is 0.598. The van der Waals surface area contributed by atoms with Crippen molar-refractivity contribution in [3.8, 4) is 5.75 Å². The van der Waals surface area contributed by atoms with E-state index in [1.165, 1.54) is 31.4 Å². The topological polar surface area (TPSA) is 60.7 Å². The second-order valence-electron chi connectivity index (χ2n) is 4.04. The number of benzene rings is 1. The number of ether oxygens (including phenoxy) is 2. The lowest BCUT2D eigenvalue weighted by atomic mass is 10.2. The fourth-order valence-corrected chi connectivity index (χ4v) is 1.71. The van der Waals surface area contributed by atoms with Crippen LogP contribution >= 0.6 is 11.6 Å². The molecule has 1 aromatic heterocycles. The number of hydrogen-bond acceptors (Lipinski definition) is 4. The van der Waals surface area contributed by atoms with Gasteiger partial charge in [0.2, 0.25) is 0 Å². The number of carbonyl (C=O) groups excluding carboxylic acids is 1. The normalized spacial score (nSPS) is 10.4. The molecular formula is C14H13ClFNO4. The summed E-state index contributed by atoms with van der Waals surface area (Å²) in [4.78, 5) is 11.8. The van der Waals surface area contributed by atoms with Crippen molar-refractivity contribution in [1.29, 1.82) is 0 Å². The number of halogens is 2. The Morgan fingerprint density at radius 3 is 2.76 bits per heavy atom. The summed E-state index contributed by atoms with van der Waals surface area (Å²) in [5.74, 6) is -0.970. The zero-order chi connectivity index (χ0) is 15.2. The van der Waals surface area contributed by atoms with Crippen molar-refractivity contribution in [3.63, 3.8) is 0 Å². The molecule has 2 aromatic rings. The predicted molar refractivity (Wildman–Crippen MR) is 75.4 cm³/mol. The van der Waals surface area contributed by atoms with Gasteiger partial charge in [-0.1, -0.05) is 0 Å². The van der Waals surface area contributed by atoms with Gasteiger partial charge in [0.15, 0.2) is 22.5 Å². The van der Waals surface area contributed by atoms with Crippen LogP contribution in [0.3, 0.4) is 0 Å². The van der Waals surface area contributed by atoms with Gasteiger partial charge in [0.05, 0.1) is 6.61 Å². The van der Waals surface area contributed by atoms with Gasteiger partial charge in [-0.3, -0.25) is 4.79 Å². The molecule has 0 unspecified atom stereocenters. The van der Waals surface area contributed by atoms with Crippen LogP contribution in [-0.4, -0.2) is 26.2 Å². The maximum atomic E-state index is 13.8. The Morgan fingerprint density at radius 2 is 2.14 bits per heavy atom. The molecule has 0 fully saturated rings. The van der Waals surface area contributed by atoms with E-state index in [0.717, 1.165) is 6.07 Å². The molecule has 0 aliphatic carbocycles. The first-order valence-electron chi connectivity index (χ1n) is 6.08. The van der Waals surface area contributed by atoms with Crippen molar-refractivity contribution in [1.82, 2.24) is 0 Å². The second kappa shape index (κ2) is 7.10. The van der Waals surface area contributed by atoms with Gasteiger partial charge in [0, 0.05) is 18.9 Å². The van der Waals surface area contributed by atoms with E-state index in [0.29, 0.717) is 6.61 Å². The van der Waals surface area contributed by atoms with E-state index in [4.69, 9.17) is 25.5 Å². The summed E-state index contributed by atoms with van der Waals surface area (Å²) in [6.07, 6.45) is 0. The number of anilines is 1. The quantitative estimate of drug-likeness (QED) is 0.831. The number of amides is 1. The molecule has 0 saturated heterocycles. The van der Waals surface area contributed by atoms with Gasteiger partial charge in [0.25, 0.3) is 5.91 Å². The van der Waals surface area contributed by atoms with Gasteiger partial charge in [-0.15, -0.1) is 0 Å². The average molecular weight is 314 g/mol. The first-order chi connectivity index (χ1) is 10.1. The van der Waals surface area contributed by atoms with E-state index in [2.05, 4.69) is 5.32 Å². The Labute approximate surface area is 125 Å². The van der Waals surface area contributed by atoms with Gasteiger partial charge >= 0.3 is 0 Å². The van der Waals surface area contributed by atoms with Crippen LogP contribution in [0.1, 0.15) is 10.6 Å². The molecule has 1 N–H and O–H groups in total. The van der Waals surface area contributed by atoms with Crippen LogP contribution in [0, 0.1) is 5.82 Å². The average Bonchev–Trinajstić information content (AvgIpc) is 2.88. The van der Waals surface area contributed by atoms with E-state index >= 15 is 0 Å². The molecule has 0 aliphatic rings. The zero-order valence-corrected chi connectivity index (χ0v) is 11.9. The van der Waals surface area contributed by atoms with Crippen molar-refractivity contribution in [2.24, 2.45) is 0 Å². The van der Waals surface area contributed by atoms with Gasteiger partial charge in [-0.25, -0.2) is 4.39 Å². The lowest BCUT2D eigenvalue weighted by molar-refractivity contribution is 0.0996. The van der Waals surface area contributed by atoms with Crippen molar-refractivity contribution in [3.05, 3.63) is 47.1 Å². The fraction of sp³-hybridized carbons (Fsp3) is 0.214. The summed E-state index contributed by atoms with van der Waals surface area (Å²) in [6, 6.07) is 6.98. The molecule has 0 radical (unpaired) electrons. The molecule has 0 bridgehead atoms. The number of furan rings is 1. The molecule has 1 heterocycles. The lowest BCUT2D eigenvalue weighted by Gasteiger charge is -2.08. The monoisotopic (exact) mass is 313 g/mol. The largest absolute Gasteiger partial charge is 0.488 e. The van der Waals surface area contributed by atoms with E-state index in [-0.39, 0.29) is 29.0 Å². The molecule has 2 rings (SSSR count). The fourth-order valence-electron chi connectivity index (χ4n) is 1.56. The minimum absolute atomic E-state index is 0.0424. The molecule has 1 aromatic carbocycles. The highest BCUT2D eigenvalue weighted by Crippen LogP contribution is 2.22. The van der Waals surface area contributed by atoms with Gasteiger partial charge < -0.3 is 19.2 Å². The number of rotatable bonds is 6. The van der Waals surface area contributed by atoms with Crippen molar-refractivity contribution in [2.75, 3.05) is 25.6 Å². The van der Waals surface area contributed by atoms with Crippen LogP contribution in [-0.2, 0) is 4.74 Å². The number of hydrogen-bond donors (Lipinski definition) is 1. The first kappa shape index (κ1) is 15.3. The summed E-state index contributed by atoms with van der Waals surface area (Å²) < 4.78 is 28.7. The molecule has 7 heteroatoms. The van der Waals surface area contributed by atoms with Crippen molar-refractivity contribution >= 4 is 23.2 Å². The number of methoxy groups -OCH3 is 1. The van der Waals surface area contributed by atoms with Gasteiger partial charge in [-0.05, 0) is 35.9 Å². The molecule has 0 aliphatic heterocycles. The second-order valence-corrected chi connectivity index (χ2v) is 4.42. The molecule has 0 atom stereocenters. The van der Waals surface area contributed by atoms with E-state index < -0.39 is 11.7 Å². The predicted octanol–water partition coefficient (Wildman–Crippen LogP) is 3.35. The van der Waals surface area contributed by atoms with Crippen LogP contribution in [0.25, 0.3) is 0 Å². The van der Waals surface area contributed by atoms with Crippen LogP contribution in [0.2, 0.25) is 5.22 Å². The third-order valence-electron chi connectivity index (χ3n) is 2.53. The SMILES string of the molecule is COCCOc1ccc(NC(=O)c2ccc(Cl)o2)cc1F. The summed E-state index contributed by atoms with van der Waals surface area (Å²) in [7, 11) is 1.53. The van der Waals surface area contributed by atoms with Crippen molar-refractivity contribution in [2.45, 2.75) is 0 Å². The maximum Gasteiger partial charge on any atom is 0.291 e. The van der Waals surface area contributed by atoms with Crippen LogP contribution in [0.5, 0.6) is 5.75 Å².